The number of hydrogen-bond donors (Lipinski definition) is 1. The number of hydrogen-bond acceptors (Lipinski definition) is 6. The van der Waals surface area contributed by atoms with Crippen LogP contribution in [0.15, 0.2) is 30.3 Å². The molecule has 170 valence electrons. The van der Waals surface area contributed by atoms with E-state index in [1.807, 2.05) is 12.1 Å². The molecule has 6 nitrogen and oxygen atoms in total. The first-order chi connectivity index (χ1) is 15.3. The van der Waals surface area contributed by atoms with Gasteiger partial charge in [-0.25, -0.2) is 4.98 Å². The number of nitrogens with zero attached hydrogens (tertiary/aromatic N) is 3. The Morgan fingerprint density at radius 3 is 2.78 bits per heavy atom. The largest absolute Gasteiger partial charge is 0.493 e. The van der Waals surface area contributed by atoms with Crippen LogP contribution < -0.4 is 9.47 Å². The predicted molar refractivity (Wildman–Crippen MR) is 122 cm³/mol. The Balaban J connectivity index is 1.53. The highest BCUT2D eigenvalue weighted by molar-refractivity contribution is 5.49. The molecule has 1 N–H and O–H groups in total. The molecule has 1 saturated heterocycles. The van der Waals surface area contributed by atoms with Crippen molar-refractivity contribution in [3.63, 3.8) is 0 Å². The van der Waals surface area contributed by atoms with Gasteiger partial charge in [0.25, 0.3) is 0 Å². The summed E-state index contributed by atoms with van der Waals surface area (Å²) in [6, 6.07) is 11.8. The van der Waals surface area contributed by atoms with Gasteiger partial charge in [0, 0.05) is 19.1 Å². The number of aliphatic hydroxyl groups is 1. The molecule has 6 heteroatoms. The minimum Gasteiger partial charge on any atom is -0.493 e. The van der Waals surface area contributed by atoms with Crippen LogP contribution in [0.4, 0.5) is 0 Å². The summed E-state index contributed by atoms with van der Waals surface area (Å²) in [6.07, 6.45) is 2.44. The molecule has 0 saturated carbocycles. The summed E-state index contributed by atoms with van der Waals surface area (Å²) in [5.41, 5.74) is 3.78. The maximum absolute atomic E-state index is 10.9. The number of ether oxygens (including phenoxy) is 2. The molecule has 0 amide bonds. The fourth-order valence-corrected chi connectivity index (χ4v) is 5.13. The molecule has 2 aliphatic rings. The van der Waals surface area contributed by atoms with Gasteiger partial charge < -0.3 is 14.6 Å². The first kappa shape index (κ1) is 22.6. The summed E-state index contributed by atoms with van der Waals surface area (Å²) in [4.78, 5) is 6.81. The van der Waals surface area contributed by atoms with E-state index in [0.717, 1.165) is 32.4 Å². The van der Waals surface area contributed by atoms with Crippen molar-refractivity contribution in [1.82, 2.24) is 9.88 Å². The predicted octanol–water partition coefficient (Wildman–Crippen LogP) is 4.26. The van der Waals surface area contributed by atoms with Crippen molar-refractivity contribution in [3.8, 4) is 17.6 Å². The maximum atomic E-state index is 10.9. The van der Waals surface area contributed by atoms with Gasteiger partial charge in [0.2, 0.25) is 0 Å². The average molecular weight is 436 g/mol. The Bertz CT molecular complexity index is 1010. The van der Waals surface area contributed by atoms with Crippen LogP contribution in [-0.2, 0) is 13.0 Å². The van der Waals surface area contributed by atoms with Crippen molar-refractivity contribution in [2.24, 2.45) is 11.3 Å². The van der Waals surface area contributed by atoms with Crippen LogP contribution in [0.2, 0.25) is 0 Å². The molecule has 0 unspecified atom stereocenters. The number of piperidine rings is 1. The molecule has 1 aromatic carbocycles. The average Bonchev–Trinajstić information content (AvgIpc) is 2.76. The van der Waals surface area contributed by atoms with Crippen LogP contribution >= 0.6 is 0 Å². The number of pyridine rings is 1. The molecule has 1 aromatic heterocycles. The lowest BCUT2D eigenvalue weighted by atomic mass is 9.75. The number of methoxy groups -OCH3 is 1. The smallest absolute Gasteiger partial charge is 0.162 e. The number of fused-ring (bicyclic) bond motifs is 3. The molecule has 3 atom stereocenters. The highest BCUT2D eigenvalue weighted by Gasteiger charge is 2.39. The van der Waals surface area contributed by atoms with Crippen LogP contribution in [0.3, 0.4) is 0 Å². The van der Waals surface area contributed by atoms with Crippen LogP contribution in [0.25, 0.3) is 0 Å². The third-order valence-electron chi connectivity index (χ3n) is 6.54. The third kappa shape index (κ3) is 4.90. The standard InChI is InChI=1S/C26H33N3O3/c1-26(2,3)13-18-15-29-9-8-17-10-25(32-16-20-7-5-6-19(14-27)28-20)24(31-4)11-21(17)22(29)12-23(18)30/h5-7,10-11,18,22-23,30H,8-9,12-13,15-16H2,1-4H3/t18-,22-,23-/m1/s1. The van der Waals surface area contributed by atoms with Gasteiger partial charge in [-0.2, -0.15) is 5.26 Å². The van der Waals surface area contributed by atoms with Gasteiger partial charge in [0.15, 0.2) is 11.5 Å². The summed E-state index contributed by atoms with van der Waals surface area (Å²) < 4.78 is 11.7. The number of benzene rings is 1. The molecule has 1 fully saturated rings. The minimum atomic E-state index is -0.290. The molecule has 3 heterocycles. The van der Waals surface area contributed by atoms with Gasteiger partial charge >= 0.3 is 0 Å². The van der Waals surface area contributed by atoms with E-state index >= 15 is 0 Å². The highest BCUT2D eigenvalue weighted by atomic mass is 16.5. The molecule has 0 spiro atoms. The van der Waals surface area contributed by atoms with Crippen molar-refractivity contribution in [3.05, 3.63) is 52.8 Å². The summed E-state index contributed by atoms with van der Waals surface area (Å²) in [5.74, 6) is 1.69. The zero-order valence-electron chi connectivity index (χ0n) is 19.5. The minimum absolute atomic E-state index is 0.210. The van der Waals surface area contributed by atoms with Gasteiger partial charge in [-0.05, 0) is 66.0 Å². The van der Waals surface area contributed by atoms with Crippen LogP contribution in [0.5, 0.6) is 11.5 Å². The quantitative estimate of drug-likeness (QED) is 0.756. The van der Waals surface area contributed by atoms with Crippen LogP contribution in [0.1, 0.15) is 62.2 Å². The van der Waals surface area contributed by atoms with Crippen molar-refractivity contribution in [1.29, 1.82) is 5.26 Å². The van der Waals surface area contributed by atoms with E-state index in [1.54, 1.807) is 13.2 Å². The van der Waals surface area contributed by atoms with E-state index in [4.69, 9.17) is 14.7 Å². The molecule has 2 aliphatic heterocycles. The molecule has 2 aromatic rings. The van der Waals surface area contributed by atoms with E-state index in [2.05, 4.69) is 48.9 Å². The van der Waals surface area contributed by atoms with Gasteiger partial charge in [-0.1, -0.05) is 26.8 Å². The van der Waals surface area contributed by atoms with Gasteiger partial charge in [0.05, 0.1) is 18.9 Å². The van der Waals surface area contributed by atoms with E-state index in [0.29, 0.717) is 28.8 Å². The van der Waals surface area contributed by atoms with Gasteiger partial charge in [-0.3, -0.25) is 4.90 Å². The fourth-order valence-electron chi connectivity index (χ4n) is 5.13. The zero-order valence-corrected chi connectivity index (χ0v) is 19.5. The Labute approximate surface area is 190 Å². The lowest BCUT2D eigenvalue weighted by Gasteiger charge is -2.47. The molecule has 0 bridgehead atoms. The molecular weight excluding hydrogens is 402 g/mol. The fraction of sp³-hybridized carbons (Fsp3) is 0.538. The highest BCUT2D eigenvalue weighted by Crippen LogP contribution is 2.44. The first-order valence-corrected chi connectivity index (χ1v) is 11.4. The molecule has 0 aliphatic carbocycles. The summed E-state index contributed by atoms with van der Waals surface area (Å²) in [7, 11) is 1.65. The molecule has 32 heavy (non-hydrogen) atoms. The van der Waals surface area contributed by atoms with Crippen molar-refractivity contribution in [2.75, 3.05) is 20.2 Å². The van der Waals surface area contributed by atoms with E-state index in [-0.39, 0.29) is 24.2 Å². The number of nitriles is 1. The Hall–Kier alpha value is -2.62. The number of rotatable bonds is 5. The lowest BCUT2D eigenvalue weighted by Crippen LogP contribution is -2.48. The maximum Gasteiger partial charge on any atom is 0.162 e. The SMILES string of the molecule is COc1cc2c(cc1OCc1cccc(C#N)n1)CCN1C[C@@H](CC(C)(C)C)[C@H](O)C[C@H]21. The second-order valence-electron chi connectivity index (χ2n) is 10.2. The van der Waals surface area contributed by atoms with Gasteiger partial charge in [0.1, 0.15) is 18.4 Å². The first-order valence-electron chi connectivity index (χ1n) is 11.4. The number of aromatic nitrogens is 1. The monoisotopic (exact) mass is 435 g/mol. The Morgan fingerprint density at radius 1 is 1.25 bits per heavy atom. The number of aliphatic hydroxyl groups excluding tert-OH is 1. The van der Waals surface area contributed by atoms with Crippen molar-refractivity contribution >= 4 is 0 Å². The Morgan fingerprint density at radius 2 is 2.06 bits per heavy atom. The van der Waals surface area contributed by atoms with Crippen molar-refractivity contribution in [2.45, 2.75) is 58.8 Å². The molecule has 4 rings (SSSR count). The Kier molecular flexibility index (Phi) is 6.41. The molecular formula is C26H33N3O3. The summed E-state index contributed by atoms with van der Waals surface area (Å²) in [5, 5.41) is 20.0. The zero-order chi connectivity index (χ0) is 22.9. The van der Waals surface area contributed by atoms with Crippen LogP contribution in [-0.4, -0.2) is 41.3 Å². The van der Waals surface area contributed by atoms with E-state index in [9.17, 15) is 5.11 Å². The summed E-state index contributed by atoms with van der Waals surface area (Å²) in [6.45, 7) is 8.93. The molecule has 0 radical (unpaired) electrons. The van der Waals surface area contributed by atoms with Gasteiger partial charge in [-0.15, -0.1) is 0 Å². The normalized spacial score (nSPS) is 23.1. The van der Waals surface area contributed by atoms with Crippen molar-refractivity contribution < 1.29 is 14.6 Å². The third-order valence-corrected chi connectivity index (χ3v) is 6.54. The van der Waals surface area contributed by atoms with Crippen LogP contribution in [0, 0.1) is 22.7 Å². The lowest BCUT2D eigenvalue weighted by molar-refractivity contribution is -0.0259. The summed E-state index contributed by atoms with van der Waals surface area (Å²) >= 11 is 0. The second-order valence-corrected chi connectivity index (χ2v) is 10.2. The van der Waals surface area contributed by atoms with E-state index < -0.39 is 0 Å². The van der Waals surface area contributed by atoms with E-state index in [1.165, 1.54) is 11.1 Å². The topological polar surface area (TPSA) is 78.6 Å². The second kappa shape index (κ2) is 9.09.